The third-order valence-electron chi connectivity index (χ3n) is 5.36. The minimum atomic E-state index is -0.994. The van der Waals surface area contributed by atoms with Crippen LogP contribution in [0.5, 0.6) is 0 Å². The molecule has 0 saturated carbocycles. The van der Waals surface area contributed by atoms with Crippen LogP contribution in [0.2, 0.25) is 0 Å². The van der Waals surface area contributed by atoms with Crippen molar-refractivity contribution in [3.63, 3.8) is 0 Å². The molecule has 0 aliphatic carbocycles. The summed E-state index contributed by atoms with van der Waals surface area (Å²) in [5.74, 6) is -2.13. The number of aromatic nitrogens is 3. The second kappa shape index (κ2) is 8.64. The Morgan fingerprint density at radius 1 is 1.16 bits per heavy atom. The number of carbonyl (C=O) groups excluding carboxylic acids is 4. The lowest BCUT2D eigenvalue weighted by Gasteiger charge is -2.27. The number of amides is 4. The minimum Gasteiger partial charge on any atom is -0.379 e. The van der Waals surface area contributed by atoms with Gasteiger partial charge in [0.2, 0.25) is 11.8 Å². The number of piperidine rings is 1. The van der Waals surface area contributed by atoms with E-state index in [1.54, 1.807) is 22.9 Å². The lowest BCUT2D eigenvalue weighted by Crippen LogP contribution is -2.54. The van der Waals surface area contributed by atoms with E-state index in [0.717, 1.165) is 24.3 Å². The average Bonchev–Trinajstić information content (AvgIpc) is 3.30. The molecule has 11 heteroatoms. The zero-order chi connectivity index (χ0) is 22.0. The van der Waals surface area contributed by atoms with Crippen molar-refractivity contribution in [2.24, 2.45) is 5.73 Å². The van der Waals surface area contributed by atoms with Gasteiger partial charge in [0, 0.05) is 18.7 Å². The SMILES string of the molecule is NCCCCn1cc(CNc2cccc3c2C(=O)N(C2CCC(=O)NC2=O)C3=O)nn1. The van der Waals surface area contributed by atoms with Crippen molar-refractivity contribution in [1.29, 1.82) is 0 Å². The second-order valence-electron chi connectivity index (χ2n) is 7.50. The van der Waals surface area contributed by atoms with Gasteiger partial charge in [-0.15, -0.1) is 5.10 Å². The molecule has 2 aliphatic rings. The largest absolute Gasteiger partial charge is 0.379 e. The summed E-state index contributed by atoms with van der Waals surface area (Å²) in [7, 11) is 0. The first-order chi connectivity index (χ1) is 15.0. The molecule has 1 saturated heterocycles. The number of carbonyl (C=O) groups is 4. The van der Waals surface area contributed by atoms with E-state index in [9.17, 15) is 19.2 Å². The van der Waals surface area contributed by atoms with Crippen LogP contribution in [0.3, 0.4) is 0 Å². The molecule has 1 atom stereocenters. The van der Waals surface area contributed by atoms with E-state index < -0.39 is 29.7 Å². The summed E-state index contributed by atoms with van der Waals surface area (Å²) < 4.78 is 1.74. The summed E-state index contributed by atoms with van der Waals surface area (Å²) in [6, 6.07) is 3.93. The molecule has 4 rings (SSSR count). The first-order valence-corrected chi connectivity index (χ1v) is 10.2. The molecule has 1 aromatic heterocycles. The predicted octanol–water partition coefficient (Wildman–Crippen LogP) is 0.0303. The van der Waals surface area contributed by atoms with E-state index in [2.05, 4.69) is 20.9 Å². The maximum absolute atomic E-state index is 13.1. The topological polar surface area (TPSA) is 152 Å². The summed E-state index contributed by atoms with van der Waals surface area (Å²) in [6.45, 7) is 1.66. The number of fused-ring (bicyclic) bond motifs is 1. The Labute approximate surface area is 177 Å². The Bertz CT molecular complexity index is 1050. The van der Waals surface area contributed by atoms with Gasteiger partial charge >= 0.3 is 0 Å². The van der Waals surface area contributed by atoms with Gasteiger partial charge in [0.1, 0.15) is 11.7 Å². The number of benzene rings is 1. The van der Waals surface area contributed by atoms with Crippen LogP contribution in [0, 0.1) is 0 Å². The molecule has 1 fully saturated rings. The number of nitrogens with two attached hydrogens (primary N) is 1. The lowest BCUT2D eigenvalue weighted by molar-refractivity contribution is -0.136. The Morgan fingerprint density at radius 2 is 2.00 bits per heavy atom. The lowest BCUT2D eigenvalue weighted by atomic mass is 10.0. The molecule has 4 N–H and O–H groups in total. The smallest absolute Gasteiger partial charge is 0.264 e. The highest BCUT2D eigenvalue weighted by Crippen LogP contribution is 2.32. The van der Waals surface area contributed by atoms with E-state index in [4.69, 9.17) is 5.73 Å². The van der Waals surface area contributed by atoms with Crippen molar-refractivity contribution in [2.75, 3.05) is 11.9 Å². The maximum Gasteiger partial charge on any atom is 0.264 e. The second-order valence-corrected chi connectivity index (χ2v) is 7.50. The molecule has 162 valence electrons. The fourth-order valence-corrected chi connectivity index (χ4v) is 3.79. The van der Waals surface area contributed by atoms with Gasteiger partial charge in [-0.05, 0) is 37.9 Å². The number of nitrogens with zero attached hydrogens (tertiary/aromatic N) is 4. The van der Waals surface area contributed by atoms with E-state index in [0.29, 0.717) is 24.5 Å². The number of imide groups is 2. The molecule has 3 heterocycles. The number of anilines is 1. The zero-order valence-corrected chi connectivity index (χ0v) is 16.8. The van der Waals surface area contributed by atoms with Crippen molar-refractivity contribution < 1.29 is 19.2 Å². The van der Waals surface area contributed by atoms with E-state index in [-0.39, 0.29) is 24.0 Å². The highest BCUT2D eigenvalue weighted by Gasteiger charge is 2.45. The van der Waals surface area contributed by atoms with Crippen molar-refractivity contribution in [3.05, 3.63) is 41.2 Å². The summed E-state index contributed by atoms with van der Waals surface area (Å²) in [6.07, 6.45) is 3.83. The zero-order valence-electron chi connectivity index (χ0n) is 16.8. The Morgan fingerprint density at radius 3 is 2.77 bits per heavy atom. The maximum atomic E-state index is 13.1. The fourth-order valence-electron chi connectivity index (χ4n) is 3.79. The molecule has 1 unspecified atom stereocenters. The van der Waals surface area contributed by atoms with Crippen LogP contribution in [0.25, 0.3) is 0 Å². The number of rotatable bonds is 8. The molecular weight excluding hydrogens is 402 g/mol. The van der Waals surface area contributed by atoms with Crippen LogP contribution in [0.15, 0.2) is 24.4 Å². The summed E-state index contributed by atoms with van der Waals surface area (Å²) in [5.41, 5.74) is 7.10. The monoisotopic (exact) mass is 425 g/mol. The van der Waals surface area contributed by atoms with Crippen LogP contribution < -0.4 is 16.4 Å². The molecule has 1 aromatic carbocycles. The quantitative estimate of drug-likeness (QED) is 0.396. The van der Waals surface area contributed by atoms with E-state index in [1.807, 2.05) is 6.20 Å². The molecule has 2 aromatic rings. The van der Waals surface area contributed by atoms with Crippen molar-refractivity contribution in [1.82, 2.24) is 25.2 Å². The van der Waals surface area contributed by atoms with Gasteiger partial charge in [-0.1, -0.05) is 11.3 Å². The first-order valence-electron chi connectivity index (χ1n) is 10.2. The van der Waals surface area contributed by atoms with Gasteiger partial charge in [-0.2, -0.15) is 0 Å². The normalized spacial score (nSPS) is 18.4. The highest BCUT2D eigenvalue weighted by molar-refractivity contribution is 6.25. The van der Waals surface area contributed by atoms with Crippen LogP contribution >= 0.6 is 0 Å². The third-order valence-corrected chi connectivity index (χ3v) is 5.36. The number of aryl methyl sites for hydroxylation is 1. The molecule has 4 amide bonds. The summed E-state index contributed by atoms with van der Waals surface area (Å²) >= 11 is 0. The van der Waals surface area contributed by atoms with Gasteiger partial charge in [-0.25, -0.2) is 0 Å². The van der Waals surface area contributed by atoms with Gasteiger partial charge in [0.15, 0.2) is 0 Å². The molecule has 0 bridgehead atoms. The van der Waals surface area contributed by atoms with Crippen molar-refractivity contribution in [3.8, 4) is 0 Å². The molecule has 0 spiro atoms. The minimum absolute atomic E-state index is 0.0792. The van der Waals surface area contributed by atoms with Crippen LogP contribution in [0.4, 0.5) is 5.69 Å². The first kappa shape index (κ1) is 20.7. The number of unbranched alkanes of at least 4 members (excludes halogenated alkanes) is 1. The van der Waals surface area contributed by atoms with Crippen LogP contribution in [-0.4, -0.2) is 56.1 Å². The van der Waals surface area contributed by atoms with Gasteiger partial charge < -0.3 is 11.1 Å². The highest BCUT2D eigenvalue weighted by atomic mass is 16.2. The Hall–Kier alpha value is -3.60. The summed E-state index contributed by atoms with van der Waals surface area (Å²) in [4.78, 5) is 50.5. The number of hydrogen-bond donors (Lipinski definition) is 3. The van der Waals surface area contributed by atoms with E-state index >= 15 is 0 Å². The average molecular weight is 425 g/mol. The van der Waals surface area contributed by atoms with Crippen molar-refractivity contribution in [2.45, 2.75) is 44.8 Å². The Balaban J connectivity index is 1.49. The van der Waals surface area contributed by atoms with E-state index in [1.165, 1.54) is 0 Å². The molecular formula is C20H23N7O4. The standard InChI is InChI=1S/C20H23N7O4/c21-8-1-2-9-26-11-12(24-25-26)10-22-14-5-3-4-13-17(14)20(31)27(19(13)30)15-6-7-16(28)23-18(15)29/h3-5,11,15,22H,1-2,6-10,21H2,(H,23,28,29). The number of hydrogen-bond acceptors (Lipinski definition) is 8. The molecule has 0 radical (unpaired) electrons. The molecule has 31 heavy (non-hydrogen) atoms. The summed E-state index contributed by atoms with van der Waals surface area (Å²) in [5, 5.41) is 13.5. The van der Waals surface area contributed by atoms with Gasteiger partial charge in [0.25, 0.3) is 11.8 Å². The van der Waals surface area contributed by atoms with Crippen LogP contribution in [-0.2, 0) is 22.7 Å². The number of nitrogens with one attached hydrogen (secondary N) is 2. The Kier molecular flexibility index (Phi) is 5.76. The van der Waals surface area contributed by atoms with Crippen molar-refractivity contribution >= 4 is 29.3 Å². The van der Waals surface area contributed by atoms with Gasteiger partial charge in [0.05, 0.1) is 23.9 Å². The third kappa shape index (κ3) is 4.04. The molecule has 11 nitrogen and oxygen atoms in total. The fraction of sp³-hybridized carbons (Fsp3) is 0.400. The van der Waals surface area contributed by atoms with Gasteiger partial charge in [-0.3, -0.25) is 34.1 Å². The predicted molar refractivity (Wildman–Crippen MR) is 109 cm³/mol. The molecule has 2 aliphatic heterocycles. The van der Waals surface area contributed by atoms with Crippen LogP contribution in [0.1, 0.15) is 52.1 Å².